The number of nitrogens with zero attached hydrogens (tertiary/aromatic N) is 6. The highest BCUT2D eigenvalue weighted by molar-refractivity contribution is 5.93. The van der Waals surface area contributed by atoms with E-state index in [1.165, 1.54) is 6.20 Å². The van der Waals surface area contributed by atoms with Gasteiger partial charge in [-0.1, -0.05) is 6.07 Å². The van der Waals surface area contributed by atoms with E-state index in [0.29, 0.717) is 22.9 Å². The summed E-state index contributed by atoms with van der Waals surface area (Å²) in [5, 5.41) is 21.1. The summed E-state index contributed by atoms with van der Waals surface area (Å²) >= 11 is 0. The number of alkyl carbamates (subject to hydrolysis) is 1. The number of amides is 2. The molecule has 0 unspecified atom stereocenters. The Hall–Kier alpha value is -4.02. The fraction of sp³-hybridized carbons (Fsp3) is 0.263. The van der Waals surface area contributed by atoms with Gasteiger partial charge in [0.05, 0.1) is 11.9 Å². The number of anilines is 1. The van der Waals surface area contributed by atoms with Gasteiger partial charge in [0.15, 0.2) is 0 Å². The lowest BCUT2D eigenvalue weighted by Gasteiger charge is -2.19. The minimum atomic E-state index is -0.669. The van der Waals surface area contributed by atoms with Gasteiger partial charge < -0.3 is 15.4 Å². The van der Waals surface area contributed by atoms with Crippen LogP contribution >= 0.6 is 0 Å². The van der Waals surface area contributed by atoms with Gasteiger partial charge in [0.1, 0.15) is 23.5 Å². The molecular formula is C19H20N8O3. The van der Waals surface area contributed by atoms with E-state index in [-0.39, 0.29) is 12.4 Å². The molecule has 154 valence electrons. The topological polar surface area (TPSA) is 145 Å². The van der Waals surface area contributed by atoms with E-state index < -0.39 is 17.6 Å². The Balaban J connectivity index is 1.56. The fourth-order valence-corrected chi connectivity index (χ4v) is 2.20. The molecule has 3 rings (SSSR count). The van der Waals surface area contributed by atoms with Gasteiger partial charge in [-0.2, -0.15) is 0 Å². The van der Waals surface area contributed by atoms with E-state index in [9.17, 15) is 9.59 Å². The molecule has 30 heavy (non-hydrogen) atoms. The maximum absolute atomic E-state index is 11.9. The van der Waals surface area contributed by atoms with Crippen molar-refractivity contribution >= 4 is 17.7 Å². The van der Waals surface area contributed by atoms with E-state index in [2.05, 4.69) is 41.0 Å². The Morgan fingerprint density at radius 1 is 0.933 bits per heavy atom. The van der Waals surface area contributed by atoms with Crippen molar-refractivity contribution in [2.45, 2.75) is 26.4 Å². The zero-order valence-corrected chi connectivity index (χ0v) is 16.7. The second kappa shape index (κ2) is 8.99. The van der Waals surface area contributed by atoms with Gasteiger partial charge in [0, 0.05) is 6.20 Å². The fourth-order valence-electron chi connectivity index (χ4n) is 2.20. The van der Waals surface area contributed by atoms with E-state index in [4.69, 9.17) is 4.74 Å². The highest BCUT2D eigenvalue weighted by atomic mass is 16.6. The van der Waals surface area contributed by atoms with Gasteiger partial charge in [-0.25, -0.2) is 4.79 Å². The molecule has 3 heterocycles. The molecule has 0 radical (unpaired) electrons. The molecule has 0 atom stereocenters. The van der Waals surface area contributed by atoms with Gasteiger partial charge in [-0.3, -0.25) is 14.8 Å². The number of nitrogens with one attached hydrogen (secondary N) is 2. The Morgan fingerprint density at radius 3 is 2.13 bits per heavy atom. The Kier molecular flexibility index (Phi) is 6.20. The molecule has 3 aromatic heterocycles. The maximum atomic E-state index is 11.9. The summed E-state index contributed by atoms with van der Waals surface area (Å²) in [7, 11) is 0. The quantitative estimate of drug-likeness (QED) is 0.646. The van der Waals surface area contributed by atoms with Crippen LogP contribution in [0.3, 0.4) is 0 Å². The molecular weight excluding hydrogens is 388 g/mol. The average Bonchev–Trinajstić information content (AvgIpc) is 2.72. The van der Waals surface area contributed by atoms with E-state index in [0.717, 1.165) is 0 Å². The molecule has 0 aliphatic heterocycles. The van der Waals surface area contributed by atoms with Crippen LogP contribution in [-0.4, -0.2) is 54.5 Å². The summed E-state index contributed by atoms with van der Waals surface area (Å²) < 4.78 is 5.07. The molecule has 0 bridgehead atoms. The number of carbonyl (C=O) groups is 2. The summed E-state index contributed by atoms with van der Waals surface area (Å²) in [6, 6.07) is 8.61. The van der Waals surface area contributed by atoms with E-state index >= 15 is 0 Å². The lowest BCUT2D eigenvalue weighted by molar-refractivity contribution is -0.115. The third kappa shape index (κ3) is 5.99. The predicted octanol–water partition coefficient (Wildman–Crippen LogP) is 1.85. The first-order valence-electron chi connectivity index (χ1n) is 9.02. The van der Waals surface area contributed by atoms with E-state index in [1.54, 1.807) is 51.2 Å². The van der Waals surface area contributed by atoms with Crippen LogP contribution in [0.4, 0.5) is 10.5 Å². The van der Waals surface area contributed by atoms with Crippen LogP contribution in [0.5, 0.6) is 0 Å². The molecule has 0 spiro atoms. The van der Waals surface area contributed by atoms with Crippen LogP contribution in [0.25, 0.3) is 23.0 Å². The lowest BCUT2D eigenvalue weighted by atomic mass is 10.2. The van der Waals surface area contributed by atoms with Crippen molar-refractivity contribution in [2.24, 2.45) is 0 Å². The molecule has 11 nitrogen and oxygen atoms in total. The van der Waals surface area contributed by atoms with Crippen LogP contribution in [-0.2, 0) is 9.53 Å². The largest absolute Gasteiger partial charge is 0.444 e. The first-order valence-corrected chi connectivity index (χ1v) is 9.02. The van der Waals surface area contributed by atoms with E-state index in [1.807, 2.05) is 6.07 Å². The minimum absolute atomic E-state index is 0.234. The van der Waals surface area contributed by atoms with Crippen LogP contribution < -0.4 is 10.6 Å². The number of rotatable bonds is 5. The number of carbonyl (C=O) groups excluding carboxylic acids is 2. The van der Waals surface area contributed by atoms with Crippen molar-refractivity contribution in [3.05, 3.63) is 42.7 Å². The van der Waals surface area contributed by atoms with Gasteiger partial charge in [0.25, 0.3) is 0 Å². The summed E-state index contributed by atoms with van der Waals surface area (Å²) in [5.74, 6) is 0.120. The summed E-state index contributed by atoms with van der Waals surface area (Å²) in [5.41, 5.74) is 0.810. The molecule has 0 fully saturated rings. The predicted molar refractivity (Wildman–Crippen MR) is 107 cm³/mol. The molecule has 0 saturated heterocycles. The average molecular weight is 408 g/mol. The Labute approximate surface area is 172 Å². The maximum Gasteiger partial charge on any atom is 0.408 e. The zero-order valence-electron chi connectivity index (χ0n) is 16.7. The van der Waals surface area contributed by atoms with Gasteiger partial charge in [-0.15, -0.1) is 20.4 Å². The van der Waals surface area contributed by atoms with Crippen molar-refractivity contribution in [3.63, 3.8) is 0 Å². The molecule has 2 amide bonds. The van der Waals surface area contributed by atoms with Gasteiger partial charge in [-0.05, 0) is 45.0 Å². The molecule has 3 aromatic rings. The number of ether oxygens (including phenoxy) is 1. The number of aromatic nitrogens is 6. The SMILES string of the molecule is CC(C)(C)OC(=O)NCC(=O)Nc1ccc(-c2nnc(-c3ccccn3)nn2)nc1. The second-order valence-corrected chi connectivity index (χ2v) is 7.10. The first kappa shape index (κ1) is 20.7. The number of pyridine rings is 2. The Bertz CT molecular complexity index is 1000. The normalized spacial score (nSPS) is 10.9. The van der Waals surface area contributed by atoms with Crippen LogP contribution in [0.15, 0.2) is 42.7 Å². The van der Waals surface area contributed by atoms with Crippen LogP contribution in [0.2, 0.25) is 0 Å². The summed E-state index contributed by atoms with van der Waals surface area (Å²) in [6.07, 6.45) is 2.40. The Morgan fingerprint density at radius 2 is 1.60 bits per heavy atom. The number of hydrogen-bond donors (Lipinski definition) is 2. The smallest absolute Gasteiger partial charge is 0.408 e. The molecule has 2 N–H and O–H groups in total. The van der Waals surface area contributed by atoms with Crippen molar-refractivity contribution in [1.29, 1.82) is 0 Å². The zero-order chi connectivity index (χ0) is 21.6. The van der Waals surface area contributed by atoms with Crippen molar-refractivity contribution in [3.8, 4) is 23.0 Å². The highest BCUT2D eigenvalue weighted by Crippen LogP contribution is 2.15. The van der Waals surface area contributed by atoms with Crippen molar-refractivity contribution in [2.75, 3.05) is 11.9 Å². The molecule has 0 saturated carbocycles. The molecule has 0 aliphatic carbocycles. The third-order valence-corrected chi connectivity index (χ3v) is 3.44. The standard InChI is InChI=1S/C19H20N8O3/c1-19(2,3)30-18(29)22-11-15(28)23-12-7-8-14(21-10-12)17-26-24-16(25-27-17)13-6-4-5-9-20-13/h4-10H,11H2,1-3H3,(H,22,29)(H,23,28). The van der Waals surface area contributed by atoms with Crippen LogP contribution in [0.1, 0.15) is 20.8 Å². The second-order valence-electron chi connectivity index (χ2n) is 7.10. The summed E-state index contributed by atoms with van der Waals surface area (Å²) in [4.78, 5) is 31.9. The monoisotopic (exact) mass is 408 g/mol. The third-order valence-electron chi connectivity index (χ3n) is 3.44. The van der Waals surface area contributed by atoms with Crippen LogP contribution in [0, 0.1) is 0 Å². The highest BCUT2D eigenvalue weighted by Gasteiger charge is 2.16. The lowest BCUT2D eigenvalue weighted by Crippen LogP contribution is -2.37. The van der Waals surface area contributed by atoms with Crippen molar-refractivity contribution < 1.29 is 14.3 Å². The molecule has 0 aliphatic rings. The first-order chi connectivity index (χ1) is 14.3. The molecule has 0 aromatic carbocycles. The number of hydrogen-bond acceptors (Lipinski definition) is 9. The van der Waals surface area contributed by atoms with Gasteiger partial charge in [0.2, 0.25) is 17.6 Å². The minimum Gasteiger partial charge on any atom is -0.444 e. The molecule has 11 heteroatoms. The summed E-state index contributed by atoms with van der Waals surface area (Å²) in [6.45, 7) is 4.98. The van der Waals surface area contributed by atoms with Gasteiger partial charge >= 0.3 is 6.09 Å². The van der Waals surface area contributed by atoms with Crippen molar-refractivity contribution in [1.82, 2.24) is 35.7 Å².